The molecule has 1 aromatic carbocycles. The summed E-state index contributed by atoms with van der Waals surface area (Å²) in [5, 5.41) is 0. The number of Topliss-reactive ketones (excluding diaryl/α,β-unsaturated/α-hetero) is 1. The van der Waals surface area contributed by atoms with Crippen LogP contribution in [0.2, 0.25) is 0 Å². The Kier molecular flexibility index (Phi) is 2.57. The van der Waals surface area contributed by atoms with Crippen molar-refractivity contribution in [3.63, 3.8) is 0 Å². The van der Waals surface area contributed by atoms with Gasteiger partial charge in [0.15, 0.2) is 0 Å². The lowest BCUT2D eigenvalue weighted by Crippen LogP contribution is -2.31. The summed E-state index contributed by atoms with van der Waals surface area (Å²) in [5.74, 6) is 1.69. The maximum atomic E-state index is 12.5. The van der Waals surface area contributed by atoms with Gasteiger partial charge in [-0.3, -0.25) is 4.79 Å². The molecule has 2 aliphatic rings. The Bertz CT molecular complexity index is 422. The molecular formula is C16H20O. The summed E-state index contributed by atoms with van der Waals surface area (Å²) in [6.07, 6.45) is 5.68. The lowest BCUT2D eigenvalue weighted by Gasteiger charge is -2.27. The Balaban J connectivity index is 1.81. The number of fused-ring (bicyclic) bond motifs is 1. The molecule has 0 saturated heterocycles. The van der Waals surface area contributed by atoms with Crippen LogP contribution in [0.4, 0.5) is 0 Å². The molecule has 0 aromatic heterocycles. The minimum absolute atomic E-state index is 0.0999. The van der Waals surface area contributed by atoms with E-state index >= 15 is 0 Å². The van der Waals surface area contributed by atoms with E-state index in [4.69, 9.17) is 0 Å². The van der Waals surface area contributed by atoms with E-state index in [2.05, 4.69) is 31.2 Å². The minimum Gasteiger partial charge on any atom is -0.299 e. The van der Waals surface area contributed by atoms with Crippen LogP contribution < -0.4 is 0 Å². The lowest BCUT2D eigenvalue weighted by atomic mass is 9.75. The second-order valence-corrected chi connectivity index (χ2v) is 6.08. The van der Waals surface area contributed by atoms with E-state index in [0.717, 1.165) is 18.8 Å². The van der Waals surface area contributed by atoms with Gasteiger partial charge in [-0.2, -0.15) is 0 Å². The van der Waals surface area contributed by atoms with Crippen LogP contribution in [0.15, 0.2) is 30.3 Å². The number of hydrogen-bond donors (Lipinski definition) is 0. The lowest BCUT2D eigenvalue weighted by molar-refractivity contribution is -0.129. The second kappa shape index (κ2) is 3.97. The van der Waals surface area contributed by atoms with Crippen LogP contribution in [0.25, 0.3) is 0 Å². The molecule has 1 nitrogen and oxygen atoms in total. The fourth-order valence-corrected chi connectivity index (χ4v) is 3.43. The maximum Gasteiger partial charge on any atom is 0.142 e. The number of ketones is 1. The molecule has 1 heteroatoms. The number of benzene rings is 1. The van der Waals surface area contributed by atoms with Gasteiger partial charge in [-0.1, -0.05) is 43.7 Å². The van der Waals surface area contributed by atoms with Crippen LogP contribution in [0.1, 0.15) is 38.2 Å². The Morgan fingerprint density at radius 1 is 1.29 bits per heavy atom. The third kappa shape index (κ3) is 2.03. The Hall–Kier alpha value is -1.11. The summed E-state index contributed by atoms with van der Waals surface area (Å²) in [6.45, 7) is 2.18. The zero-order valence-corrected chi connectivity index (χ0v) is 10.5. The van der Waals surface area contributed by atoms with Crippen molar-refractivity contribution < 1.29 is 4.79 Å². The monoisotopic (exact) mass is 228 g/mol. The Morgan fingerprint density at radius 2 is 2.06 bits per heavy atom. The number of carbonyl (C=O) groups is 1. The third-order valence-electron chi connectivity index (χ3n) is 4.59. The number of rotatable bonds is 2. The highest BCUT2D eigenvalue weighted by atomic mass is 16.1. The van der Waals surface area contributed by atoms with Crippen LogP contribution in [0.3, 0.4) is 0 Å². The fraction of sp³-hybridized carbons (Fsp3) is 0.562. The minimum atomic E-state index is -0.0999. The Morgan fingerprint density at radius 3 is 2.82 bits per heavy atom. The molecule has 90 valence electrons. The maximum absolute atomic E-state index is 12.5. The second-order valence-electron chi connectivity index (χ2n) is 6.08. The predicted molar refractivity (Wildman–Crippen MR) is 68.7 cm³/mol. The van der Waals surface area contributed by atoms with Gasteiger partial charge < -0.3 is 0 Å². The standard InChI is InChI=1S/C16H20O/c1-16(11-12-6-3-2-4-7-12)9-5-8-13-10-14(13)15(16)17/h2-4,6-7,13-14H,5,8-11H2,1H3/t13-,14+,16+/m1/s1. The van der Waals surface area contributed by atoms with Gasteiger partial charge in [0.05, 0.1) is 0 Å². The smallest absolute Gasteiger partial charge is 0.142 e. The Labute approximate surface area is 103 Å². The number of hydrogen-bond acceptors (Lipinski definition) is 1. The van der Waals surface area contributed by atoms with E-state index in [1.165, 1.54) is 24.8 Å². The topological polar surface area (TPSA) is 17.1 Å². The van der Waals surface area contributed by atoms with Crippen molar-refractivity contribution in [3.05, 3.63) is 35.9 Å². The van der Waals surface area contributed by atoms with E-state index in [-0.39, 0.29) is 5.41 Å². The molecule has 2 aliphatic carbocycles. The van der Waals surface area contributed by atoms with Crippen LogP contribution in [0.5, 0.6) is 0 Å². The van der Waals surface area contributed by atoms with Crippen LogP contribution in [0, 0.1) is 17.3 Å². The molecule has 0 spiro atoms. The van der Waals surface area contributed by atoms with Crippen LogP contribution >= 0.6 is 0 Å². The van der Waals surface area contributed by atoms with Gasteiger partial charge in [0.25, 0.3) is 0 Å². The van der Waals surface area contributed by atoms with E-state index in [9.17, 15) is 4.79 Å². The summed E-state index contributed by atoms with van der Waals surface area (Å²) < 4.78 is 0. The van der Waals surface area contributed by atoms with Crippen molar-refractivity contribution in [1.29, 1.82) is 0 Å². The molecule has 0 heterocycles. The SMILES string of the molecule is C[C@@]1(Cc2ccccc2)CCC[C@@H]2C[C@@H]2C1=O. The molecule has 0 radical (unpaired) electrons. The highest BCUT2D eigenvalue weighted by molar-refractivity contribution is 5.89. The van der Waals surface area contributed by atoms with E-state index < -0.39 is 0 Å². The van der Waals surface area contributed by atoms with Crippen LogP contribution in [-0.4, -0.2) is 5.78 Å². The van der Waals surface area contributed by atoms with Gasteiger partial charge in [-0.15, -0.1) is 0 Å². The molecule has 3 atom stereocenters. The molecule has 2 saturated carbocycles. The van der Waals surface area contributed by atoms with Gasteiger partial charge in [-0.05, 0) is 37.2 Å². The first-order valence-electron chi connectivity index (χ1n) is 6.77. The summed E-state index contributed by atoms with van der Waals surface area (Å²) in [4.78, 5) is 12.5. The molecular weight excluding hydrogens is 208 g/mol. The fourth-order valence-electron chi connectivity index (χ4n) is 3.43. The van der Waals surface area contributed by atoms with Crippen molar-refractivity contribution in [2.45, 2.75) is 39.0 Å². The average Bonchev–Trinajstić information content (AvgIpc) is 3.08. The normalized spacial score (nSPS) is 36.2. The zero-order valence-electron chi connectivity index (χ0n) is 10.5. The molecule has 0 unspecified atom stereocenters. The first-order valence-corrected chi connectivity index (χ1v) is 6.77. The first-order chi connectivity index (χ1) is 8.19. The van der Waals surface area contributed by atoms with Gasteiger partial charge in [-0.25, -0.2) is 0 Å². The summed E-state index contributed by atoms with van der Waals surface area (Å²) in [7, 11) is 0. The van der Waals surface area contributed by atoms with Gasteiger partial charge in [0.2, 0.25) is 0 Å². The molecule has 1 aromatic rings. The first kappa shape index (κ1) is 11.0. The molecule has 17 heavy (non-hydrogen) atoms. The quantitative estimate of drug-likeness (QED) is 0.755. The van der Waals surface area contributed by atoms with E-state index in [1.807, 2.05) is 6.07 Å². The van der Waals surface area contributed by atoms with Gasteiger partial charge in [0.1, 0.15) is 5.78 Å². The summed E-state index contributed by atoms with van der Waals surface area (Å²) in [6, 6.07) is 10.5. The zero-order chi connectivity index (χ0) is 11.9. The molecule has 0 N–H and O–H groups in total. The molecule has 0 bridgehead atoms. The number of carbonyl (C=O) groups excluding carboxylic acids is 1. The largest absolute Gasteiger partial charge is 0.299 e. The summed E-state index contributed by atoms with van der Waals surface area (Å²) >= 11 is 0. The van der Waals surface area contributed by atoms with E-state index in [0.29, 0.717) is 11.7 Å². The van der Waals surface area contributed by atoms with Crippen molar-refractivity contribution in [2.75, 3.05) is 0 Å². The highest BCUT2D eigenvalue weighted by Crippen LogP contribution is 2.51. The molecule has 3 rings (SSSR count). The molecule has 0 aliphatic heterocycles. The van der Waals surface area contributed by atoms with Crippen molar-refractivity contribution in [1.82, 2.24) is 0 Å². The average molecular weight is 228 g/mol. The highest BCUT2D eigenvalue weighted by Gasteiger charge is 2.51. The third-order valence-corrected chi connectivity index (χ3v) is 4.59. The summed E-state index contributed by atoms with van der Waals surface area (Å²) in [5.41, 5.74) is 1.21. The van der Waals surface area contributed by atoms with Crippen molar-refractivity contribution >= 4 is 5.78 Å². The van der Waals surface area contributed by atoms with Gasteiger partial charge in [0, 0.05) is 11.3 Å². The van der Waals surface area contributed by atoms with Crippen molar-refractivity contribution in [3.8, 4) is 0 Å². The molecule has 2 fully saturated rings. The molecule has 0 amide bonds. The van der Waals surface area contributed by atoms with Gasteiger partial charge >= 0.3 is 0 Å². The van der Waals surface area contributed by atoms with E-state index in [1.54, 1.807) is 0 Å². The van der Waals surface area contributed by atoms with Crippen LogP contribution in [-0.2, 0) is 11.2 Å². The predicted octanol–water partition coefficient (Wildman–Crippen LogP) is 3.62. The van der Waals surface area contributed by atoms with Crippen molar-refractivity contribution in [2.24, 2.45) is 17.3 Å².